The van der Waals surface area contributed by atoms with E-state index in [2.05, 4.69) is 15.1 Å². The lowest BCUT2D eigenvalue weighted by molar-refractivity contribution is 0.537. The minimum absolute atomic E-state index is 0.367. The summed E-state index contributed by atoms with van der Waals surface area (Å²) in [6.07, 6.45) is 7.83. The van der Waals surface area contributed by atoms with Crippen LogP contribution in [0.15, 0.2) is 42.9 Å². The molecule has 0 aliphatic carbocycles. The summed E-state index contributed by atoms with van der Waals surface area (Å²) in [5.41, 5.74) is 2.68. The van der Waals surface area contributed by atoms with Crippen LogP contribution in [-0.2, 0) is 11.3 Å². The standard InChI is InChI=1S/C20H21FN6O/c1-25(16-5-4-6-22-12-16)13-17-10-19(24-27(17)14-28)15-9-18(21)20(23-11-15)26-7-2-3-8-26/h4-6,9-12,14H,2-3,7-8,13H2,1H3. The van der Waals surface area contributed by atoms with Gasteiger partial charge in [-0.3, -0.25) is 9.78 Å². The maximum absolute atomic E-state index is 14.6. The Morgan fingerprint density at radius 1 is 1.25 bits per heavy atom. The quantitative estimate of drug-likeness (QED) is 0.613. The summed E-state index contributed by atoms with van der Waals surface area (Å²) in [5, 5.41) is 4.30. The van der Waals surface area contributed by atoms with Crippen LogP contribution in [0.2, 0.25) is 0 Å². The van der Waals surface area contributed by atoms with Crippen molar-refractivity contribution in [3.05, 3.63) is 54.4 Å². The van der Waals surface area contributed by atoms with E-state index >= 15 is 0 Å². The van der Waals surface area contributed by atoms with Crippen molar-refractivity contribution in [1.29, 1.82) is 0 Å². The minimum atomic E-state index is -0.367. The van der Waals surface area contributed by atoms with E-state index in [0.717, 1.165) is 31.6 Å². The second-order valence-electron chi connectivity index (χ2n) is 6.86. The van der Waals surface area contributed by atoms with Gasteiger partial charge in [0.15, 0.2) is 11.6 Å². The fourth-order valence-corrected chi connectivity index (χ4v) is 3.43. The number of halogens is 1. The number of carbonyl (C=O) groups is 1. The van der Waals surface area contributed by atoms with E-state index in [1.165, 1.54) is 10.7 Å². The number of rotatable bonds is 6. The molecular formula is C20H21FN6O. The van der Waals surface area contributed by atoms with Crippen LogP contribution in [-0.4, -0.2) is 46.3 Å². The average molecular weight is 380 g/mol. The molecule has 0 bridgehead atoms. The first kappa shape index (κ1) is 18.1. The smallest absolute Gasteiger partial charge is 0.234 e. The molecule has 7 nitrogen and oxygen atoms in total. The van der Waals surface area contributed by atoms with Gasteiger partial charge in [0.05, 0.1) is 29.8 Å². The lowest BCUT2D eigenvalue weighted by Gasteiger charge is -2.18. The van der Waals surface area contributed by atoms with Crippen molar-refractivity contribution in [3.8, 4) is 11.3 Å². The van der Waals surface area contributed by atoms with Crippen LogP contribution in [0, 0.1) is 5.82 Å². The highest BCUT2D eigenvalue weighted by Crippen LogP contribution is 2.26. The van der Waals surface area contributed by atoms with Crippen molar-refractivity contribution in [3.63, 3.8) is 0 Å². The highest BCUT2D eigenvalue weighted by atomic mass is 19.1. The maximum Gasteiger partial charge on any atom is 0.234 e. The van der Waals surface area contributed by atoms with Gasteiger partial charge in [-0.2, -0.15) is 5.10 Å². The van der Waals surface area contributed by atoms with Crippen molar-refractivity contribution in [1.82, 2.24) is 19.7 Å². The van der Waals surface area contributed by atoms with Crippen LogP contribution >= 0.6 is 0 Å². The lowest BCUT2D eigenvalue weighted by atomic mass is 10.2. The molecule has 0 aromatic carbocycles. The van der Waals surface area contributed by atoms with Crippen LogP contribution in [0.3, 0.4) is 0 Å². The van der Waals surface area contributed by atoms with E-state index in [9.17, 15) is 9.18 Å². The van der Waals surface area contributed by atoms with Crippen molar-refractivity contribution < 1.29 is 9.18 Å². The number of hydrogen-bond acceptors (Lipinski definition) is 6. The molecule has 0 saturated carbocycles. The number of aromatic nitrogens is 4. The second-order valence-corrected chi connectivity index (χ2v) is 6.86. The summed E-state index contributed by atoms with van der Waals surface area (Å²) < 4.78 is 15.9. The summed E-state index contributed by atoms with van der Waals surface area (Å²) in [6, 6.07) is 7.01. The Balaban J connectivity index is 1.59. The Hall–Kier alpha value is -3.29. The van der Waals surface area contributed by atoms with Gasteiger partial charge < -0.3 is 9.80 Å². The molecule has 0 unspecified atom stereocenters. The molecule has 4 rings (SSSR count). The molecule has 4 heterocycles. The fourth-order valence-electron chi connectivity index (χ4n) is 3.43. The van der Waals surface area contributed by atoms with Crippen LogP contribution < -0.4 is 9.80 Å². The molecule has 0 amide bonds. The van der Waals surface area contributed by atoms with E-state index in [1.807, 2.05) is 29.0 Å². The second kappa shape index (κ2) is 7.75. The van der Waals surface area contributed by atoms with Crippen LogP contribution in [0.25, 0.3) is 11.3 Å². The molecule has 1 saturated heterocycles. The predicted octanol–water partition coefficient (Wildman–Crippen LogP) is 2.75. The van der Waals surface area contributed by atoms with Crippen molar-refractivity contribution in [2.75, 3.05) is 29.9 Å². The van der Waals surface area contributed by atoms with Gasteiger partial charge in [-0.1, -0.05) is 0 Å². The number of nitrogens with zero attached hydrogens (tertiary/aromatic N) is 6. The van der Waals surface area contributed by atoms with E-state index in [4.69, 9.17) is 0 Å². The molecule has 1 aliphatic heterocycles. The minimum Gasteiger partial charge on any atom is -0.367 e. The number of pyridine rings is 2. The van der Waals surface area contributed by atoms with Gasteiger partial charge in [-0.15, -0.1) is 0 Å². The van der Waals surface area contributed by atoms with E-state index in [1.54, 1.807) is 24.7 Å². The zero-order chi connectivity index (χ0) is 19.5. The van der Waals surface area contributed by atoms with E-state index < -0.39 is 0 Å². The molecule has 0 radical (unpaired) electrons. The van der Waals surface area contributed by atoms with E-state index in [0.29, 0.717) is 35.7 Å². The average Bonchev–Trinajstić information content (AvgIpc) is 3.38. The zero-order valence-electron chi connectivity index (χ0n) is 15.6. The molecule has 28 heavy (non-hydrogen) atoms. The lowest BCUT2D eigenvalue weighted by Crippen LogP contribution is -2.20. The first-order valence-electron chi connectivity index (χ1n) is 9.21. The predicted molar refractivity (Wildman–Crippen MR) is 105 cm³/mol. The molecule has 3 aromatic rings. The SMILES string of the molecule is CN(Cc1cc(-c2cnc(N3CCCC3)c(F)c2)nn1C=O)c1cccnc1. The Kier molecular flexibility index (Phi) is 5.01. The summed E-state index contributed by atoms with van der Waals surface area (Å²) in [4.78, 5) is 23.8. The summed E-state index contributed by atoms with van der Waals surface area (Å²) in [6.45, 7) is 2.11. The Labute approximate surface area is 162 Å². The number of anilines is 2. The maximum atomic E-state index is 14.6. The van der Waals surface area contributed by atoms with Gasteiger partial charge in [0, 0.05) is 38.1 Å². The Bertz CT molecular complexity index is 968. The van der Waals surface area contributed by atoms with Gasteiger partial charge in [0.1, 0.15) is 0 Å². The Morgan fingerprint density at radius 3 is 2.75 bits per heavy atom. The van der Waals surface area contributed by atoms with Gasteiger partial charge >= 0.3 is 0 Å². The molecule has 0 N–H and O–H groups in total. The van der Waals surface area contributed by atoms with Crippen LogP contribution in [0.4, 0.5) is 15.9 Å². The van der Waals surface area contributed by atoms with Crippen molar-refractivity contribution in [2.24, 2.45) is 0 Å². The molecule has 0 atom stereocenters. The molecule has 8 heteroatoms. The highest BCUT2D eigenvalue weighted by Gasteiger charge is 2.19. The Morgan fingerprint density at radius 2 is 2.07 bits per heavy atom. The summed E-state index contributed by atoms with van der Waals surface area (Å²) in [7, 11) is 1.91. The van der Waals surface area contributed by atoms with Crippen molar-refractivity contribution >= 4 is 17.9 Å². The number of hydrogen-bond donors (Lipinski definition) is 0. The molecular weight excluding hydrogens is 359 g/mol. The largest absolute Gasteiger partial charge is 0.367 e. The monoisotopic (exact) mass is 380 g/mol. The zero-order valence-corrected chi connectivity index (χ0v) is 15.6. The number of carbonyl (C=O) groups excluding carboxylic acids is 1. The molecule has 3 aromatic heterocycles. The van der Waals surface area contributed by atoms with Crippen LogP contribution in [0.1, 0.15) is 18.5 Å². The normalized spacial score (nSPS) is 13.7. The molecule has 1 fully saturated rings. The molecule has 0 spiro atoms. The summed E-state index contributed by atoms with van der Waals surface area (Å²) >= 11 is 0. The van der Waals surface area contributed by atoms with Gasteiger partial charge in [0.2, 0.25) is 6.41 Å². The van der Waals surface area contributed by atoms with Gasteiger partial charge in [0.25, 0.3) is 0 Å². The first-order chi connectivity index (χ1) is 13.7. The molecule has 1 aliphatic rings. The summed E-state index contributed by atoms with van der Waals surface area (Å²) in [5.74, 6) is 0.0154. The van der Waals surface area contributed by atoms with Crippen LogP contribution in [0.5, 0.6) is 0 Å². The van der Waals surface area contributed by atoms with Gasteiger partial charge in [-0.05, 0) is 37.1 Å². The fraction of sp³-hybridized carbons (Fsp3) is 0.300. The molecule has 144 valence electrons. The third-order valence-corrected chi connectivity index (χ3v) is 4.92. The van der Waals surface area contributed by atoms with E-state index in [-0.39, 0.29) is 5.82 Å². The first-order valence-corrected chi connectivity index (χ1v) is 9.21. The van der Waals surface area contributed by atoms with Crippen molar-refractivity contribution in [2.45, 2.75) is 19.4 Å². The topological polar surface area (TPSA) is 67.2 Å². The van der Waals surface area contributed by atoms with Gasteiger partial charge in [-0.25, -0.2) is 14.1 Å². The third kappa shape index (κ3) is 3.58. The third-order valence-electron chi connectivity index (χ3n) is 4.92. The highest BCUT2D eigenvalue weighted by molar-refractivity contribution is 5.64.